The van der Waals surface area contributed by atoms with E-state index in [0.29, 0.717) is 11.6 Å². The van der Waals surface area contributed by atoms with Gasteiger partial charge in [0.25, 0.3) is 0 Å². The summed E-state index contributed by atoms with van der Waals surface area (Å²) in [6.45, 7) is 8.72. The molecule has 2 rings (SSSR count). The third-order valence-corrected chi connectivity index (χ3v) is 4.28. The van der Waals surface area contributed by atoms with Crippen molar-refractivity contribution in [2.24, 2.45) is 17.6 Å². The lowest BCUT2D eigenvalue weighted by Crippen LogP contribution is -2.27. The van der Waals surface area contributed by atoms with Gasteiger partial charge in [0.2, 0.25) is 0 Å². The van der Waals surface area contributed by atoms with Crippen LogP contribution in [0.25, 0.3) is 0 Å². The van der Waals surface area contributed by atoms with Crippen molar-refractivity contribution in [3.8, 4) is 5.75 Å². The lowest BCUT2D eigenvalue weighted by Gasteiger charge is -2.18. The quantitative estimate of drug-likeness (QED) is 0.818. The molecule has 1 aromatic carbocycles. The van der Waals surface area contributed by atoms with Crippen molar-refractivity contribution in [1.29, 1.82) is 0 Å². The van der Waals surface area contributed by atoms with Gasteiger partial charge in [0.1, 0.15) is 17.3 Å². The minimum Gasteiger partial charge on any atom is -0.492 e. The molecule has 0 spiro atoms. The van der Waals surface area contributed by atoms with Crippen molar-refractivity contribution in [3.05, 3.63) is 29.8 Å². The second kappa shape index (κ2) is 7.04. The number of ether oxygens (including phenoxy) is 1. The molecule has 0 aliphatic carbocycles. The first-order valence-electron chi connectivity index (χ1n) is 7.31. The molecule has 1 aliphatic heterocycles. The summed E-state index contributed by atoms with van der Waals surface area (Å²) in [6.07, 6.45) is 1.31. The summed E-state index contributed by atoms with van der Waals surface area (Å²) in [5, 5.41) is 0. The molecule has 110 valence electrons. The number of hydrogen-bond donors (Lipinski definition) is 1. The lowest BCUT2D eigenvalue weighted by molar-refractivity contribution is 0.227. The Balaban J connectivity index is 1.76. The predicted octanol–water partition coefficient (Wildman–Crippen LogP) is 2.68. The second-order valence-electron chi connectivity index (χ2n) is 5.83. The molecule has 0 amide bonds. The van der Waals surface area contributed by atoms with Crippen molar-refractivity contribution < 1.29 is 4.74 Å². The third kappa shape index (κ3) is 4.18. The molecule has 0 saturated carbocycles. The molecule has 0 bridgehead atoms. The summed E-state index contributed by atoms with van der Waals surface area (Å²) in [6, 6.07) is 7.68. The highest BCUT2D eigenvalue weighted by molar-refractivity contribution is 7.80. The summed E-state index contributed by atoms with van der Waals surface area (Å²) in [5.41, 5.74) is 6.48. The van der Waals surface area contributed by atoms with Gasteiger partial charge in [-0.15, -0.1) is 0 Å². The zero-order chi connectivity index (χ0) is 14.5. The molecule has 3 nitrogen and oxygen atoms in total. The van der Waals surface area contributed by atoms with Crippen molar-refractivity contribution >= 4 is 17.2 Å². The predicted molar refractivity (Wildman–Crippen MR) is 87.2 cm³/mol. The van der Waals surface area contributed by atoms with Gasteiger partial charge < -0.3 is 10.5 Å². The van der Waals surface area contributed by atoms with Gasteiger partial charge in [-0.1, -0.05) is 38.2 Å². The molecule has 1 heterocycles. The van der Waals surface area contributed by atoms with Crippen molar-refractivity contribution in [1.82, 2.24) is 4.90 Å². The van der Waals surface area contributed by atoms with E-state index >= 15 is 0 Å². The van der Waals surface area contributed by atoms with E-state index < -0.39 is 0 Å². The fraction of sp³-hybridized carbons (Fsp3) is 0.562. The molecule has 2 N–H and O–H groups in total. The number of rotatable bonds is 6. The van der Waals surface area contributed by atoms with E-state index in [1.165, 1.54) is 19.5 Å². The summed E-state index contributed by atoms with van der Waals surface area (Å²) >= 11 is 4.97. The largest absolute Gasteiger partial charge is 0.492 e. The van der Waals surface area contributed by atoms with Crippen molar-refractivity contribution in [2.75, 3.05) is 26.2 Å². The van der Waals surface area contributed by atoms with Gasteiger partial charge in [-0.2, -0.15) is 0 Å². The van der Waals surface area contributed by atoms with Crippen LogP contribution in [0.3, 0.4) is 0 Å². The fourth-order valence-electron chi connectivity index (χ4n) is 2.64. The lowest BCUT2D eigenvalue weighted by atomic mass is 9.95. The average Bonchev–Trinajstić information content (AvgIpc) is 2.88. The van der Waals surface area contributed by atoms with Gasteiger partial charge in [0, 0.05) is 18.7 Å². The molecular weight excluding hydrogens is 268 g/mol. The molecule has 0 radical (unpaired) electrons. The molecule has 20 heavy (non-hydrogen) atoms. The van der Waals surface area contributed by atoms with Crippen molar-refractivity contribution in [3.63, 3.8) is 0 Å². The van der Waals surface area contributed by atoms with E-state index in [1.807, 2.05) is 24.3 Å². The highest BCUT2D eigenvalue weighted by Crippen LogP contribution is 2.23. The zero-order valence-corrected chi connectivity index (χ0v) is 13.2. The van der Waals surface area contributed by atoms with E-state index in [0.717, 1.165) is 29.7 Å². The van der Waals surface area contributed by atoms with Crippen LogP contribution in [0.4, 0.5) is 0 Å². The van der Waals surface area contributed by atoms with Crippen molar-refractivity contribution in [2.45, 2.75) is 20.3 Å². The number of benzene rings is 1. The van der Waals surface area contributed by atoms with Crippen LogP contribution in [0.1, 0.15) is 25.8 Å². The maximum absolute atomic E-state index is 5.80. The Morgan fingerprint density at radius 3 is 2.95 bits per heavy atom. The van der Waals surface area contributed by atoms with E-state index in [-0.39, 0.29) is 0 Å². The first-order valence-corrected chi connectivity index (χ1v) is 7.72. The monoisotopic (exact) mass is 292 g/mol. The number of nitrogens with two attached hydrogens (primary N) is 1. The number of thiocarbonyl (C=S) groups is 1. The van der Waals surface area contributed by atoms with Gasteiger partial charge in [-0.25, -0.2) is 0 Å². The maximum Gasteiger partial charge on any atom is 0.120 e. The standard InChI is InChI=1S/C16H24N2OS/c1-12(2)14-6-7-18(11-14)8-9-19-15-5-3-4-13(10-15)16(17)20/h3-5,10,12,14H,6-9,11H2,1-2H3,(H2,17,20). The molecule has 1 unspecified atom stereocenters. The normalized spacial score (nSPS) is 19.4. The van der Waals surface area contributed by atoms with Crippen LogP contribution in [0, 0.1) is 11.8 Å². The Morgan fingerprint density at radius 1 is 1.50 bits per heavy atom. The van der Waals surface area contributed by atoms with E-state index in [4.69, 9.17) is 22.7 Å². The second-order valence-corrected chi connectivity index (χ2v) is 6.27. The molecule has 4 heteroatoms. The highest BCUT2D eigenvalue weighted by atomic mass is 32.1. The van der Waals surface area contributed by atoms with Crippen LogP contribution in [-0.4, -0.2) is 36.1 Å². The van der Waals surface area contributed by atoms with Gasteiger partial charge in [0.05, 0.1) is 0 Å². The Labute approximate surface area is 127 Å². The van der Waals surface area contributed by atoms with Crippen LogP contribution in [-0.2, 0) is 0 Å². The molecule has 1 aliphatic rings. The summed E-state index contributed by atoms with van der Waals surface area (Å²) in [7, 11) is 0. The number of likely N-dealkylation sites (tertiary alicyclic amines) is 1. The SMILES string of the molecule is CC(C)C1CCN(CCOc2cccc(C(N)=S)c2)C1. The Kier molecular flexibility index (Phi) is 5.38. The Bertz CT molecular complexity index is 462. The first-order chi connectivity index (χ1) is 9.56. The highest BCUT2D eigenvalue weighted by Gasteiger charge is 2.24. The van der Waals surface area contributed by atoms with Gasteiger partial charge in [-0.3, -0.25) is 4.90 Å². The van der Waals surface area contributed by atoms with E-state index in [2.05, 4.69) is 18.7 Å². The van der Waals surface area contributed by atoms with Crippen LogP contribution in [0.15, 0.2) is 24.3 Å². The van der Waals surface area contributed by atoms with Gasteiger partial charge in [0.15, 0.2) is 0 Å². The number of nitrogens with zero attached hydrogens (tertiary/aromatic N) is 1. The summed E-state index contributed by atoms with van der Waals surface area (Å²) in [5.74, 6) is 2.46. The topological polar surface area (TPSA) is 38.5 Å². The zero-order valence-electron chi connectivity index (χ0n) is 12.3. The molecule has 1 fully saturated rings. The fourth-order valence-corrected chi connectivity index (χ4v) is 2.77. The summed E-state index contributed by atoms with van der Waals surface area (Å²) < 4.78 is 5.80. The molecule has 0 aromatic heterocycles. The van der Waals surface area contributed by atoms with Crippen LogP contribution in [0.2, 0.25) is 0 Å². The Hall–Kier alpha value is -1.13. The van der Waals surface area contributed by atoms with Gasteiger partial charge >= 0.3 is 0 Å². The molecule has 1 atom stereocenters. The smallest absolute Gasteiger partial charge is 0.120 e. The Morgan fingerprint density at radius 2 is 2.30 bits per heavy atom. The molecule has 1 aromatic rings. The third-order valence-electron chi connectivity index (χ3n) is 4.05. The maximum atomic E-state index is 5.80. The minimum absolute atomic E-state index is 0.412. The van der Waals surface area contributed by atoms with Crippen LogP contribution < -0.4 is 10.5 Å². The summed E-state index contributed by atoms with van der Waals surface area (Å²) in [4.78, 5) is 2.90. The average molecular weight is 292 g/mol. The molecule has 1 saturated heterocycles. The van der Waals surface area contributed by atoms with E-state index in [9.17, 15) is 0 Å². The minimum atomic E-state index is 0.412. The number of hydrogen-bond acceptors (Lipinski definition) is 3. The van der Waals surface area contributed by atoms with Gasteiger partial charge in [-0.05, 0) is 36.9 Å². The molecular formula is C16H24N2OS. The van der Waals surface area contributed by atoms with E-state index in [1.54, 1.807) is 0 Å². The van der Waals surface area contributed by atoms with Crippen LogP contribution in [0.5, 0.6) is 5.75 Å². The van der Waals surface area contributed by atoms with Crippen LogP contribution >= 0.6 is 12.2 Å². The first kappa shape index (κ1) is 15.3.